The molecule has 1 fully saturated rings. The minimum absolute atomic E-state index is 0.0745. The van der Waals surface area contributed by atoms with Crippen LogP contribution >= 0.6 is 0 Å². The first-order valence-electron chi connectivity index (χ1n) is 9.49. The van der Waals surface area contributed by atoms with Crippen LogP contribution in [0, 0.1) is 5.92 Å². The number of hydrogen-bond donors (Lipinski definition) is 1. The van der Waals surface area contributed by atoms with Gasteiger partial charge in [0.2, 0.25) is 11.8 Å². The normalized spacial score (nSPS) is 15.9. The molecule has 1 aliphatic heterocycles. The summed E-state index contributed by atoms with van der Waals surface area (Å²) in [7, 11) is 4.75. The van der Waals surface area contributed by atoms with Crippen molar-refractivity contribution in [2.45, 2.75) is 12.8 Å². The molecule has 0 saturated carbocycles. The molecule has 1 aliphatic rings. The van der Waals surface area contributed by atoms with Crippen LogP contribution in [-0.2, 0) is 16.0 Å². The van der Waals surface area contributed by atoms with Crippen LogP contribution in [0.15, 0.2) is 42.5 Å². The van der Waals surface area contributed by atoms with Crippen LogP contribution in [0.2, 0.25) is 0 Å². The molecule has 3 rings (SSSR count). The number of hydrogen-bond acceptors (Lipinski definition) is 5. The number of carbonyl (C=O) groups is 2. The third-order valence-electron chi connectivity index (χ3n) is 5.03. The molecule has 1 saturated heterocycles. The summed E-state index contributed by atoms with van der Waals surface area (Å²) in [6.07, 6.45) is 0.850. The van der Waals surface area contributed by atoms with E-state index in [1.807, 2.05) is 36.4 Å². The number of para-hydroxylation sites is 2. The van der Waals surface area contributed by atoms with Crippen molar-refractivity contribution in [3.8, 4) is 17.2 Å². The van der Waals surface area contributed by atoms with Crippen LogP contribution in [0.1, 0.15) is 12.0 Å². The van der Waals surface area contributed by atoms with Crippen molar-refractivity contribution in [2.75, 3.05) is 39.3 Å². The maximum absolute atomic E-state index is 12.6. The SMILES string of the molecule is COc1ccc(CCNC(=O)C2CC(=O)N(c3ccccc3OC)C2)cc1OC. The van der Waals surface area contributed by atoms with E-state index >= 15 is 0 Å². The zero-order valence-corrected chi connectivity index (χ0v) is 16.9. The average Bonchev–Trinajstić information content (AvgIpc) is 3.15. The van der Waals surface area contributed by atoms with Gasteiger partial charge in [-0.2, -0.15) is 0 Å². The molecule has 2 aromatic carbocycles. The second kappa shape index (κ2) is 9.32. The van der Waals surface area contributed by atoms with Gasteiger partial charge in [-0.05, 0) is 36.2 Å². The molecule has 154 valence electrons. The molecule has 1 heterocycles. The summed E-state index contributed by atoms with van der Waals surface area (Å²) in [5, 5.41) is 2.94. The summed E-state index contributed by atoms with van der Waals surface area (Å²) in [5.74, 6) is 1.38. The molecular weight excluding hydrogens is 372 g/mol. The third-order valence-corrected chi connectivity index (χ3v) is 5.03. The number of rotatable bonds is 8. The van der Waals surface area contributed by atoms with Crippen molar-refractivity contribution in [3.05, 3.63) is 48.0 Å². The Morgan fingerprint density at radius 2 is 1.76 bits per heavy atom. The topological polar surface area (TPSA) is 77.1 Å². The molecule has 1 N–H and O–H groups in total. The Morgan fingerprint density at radius 1 is 1.03 bits per heavy atom. The number of nitrogens with zero attached hydrogens (tertiary/aromatic N) is 1. The molecule has 2 amide bonds. The van der Waals surface area contributed by atoms with Crippen molar-refractivity contribution in [2.24, 2.45) is 5.92 Å². The summed E-state index contributed by atoms with van der Waals surface area (Å²) in [5.41, 5.74) is 1.72. The van der Waals surface area contributed by atoms with Crippen molar-refractivity contribution in [1.29, 1.82) is 0 Å². The fraction of sp³-hybridized carbons (Fsp3) is 0.364. The van der Waals surface area contributed by atoms with Gasteiger partial charge in [-0.1, -0.05) is 18.2 Å². The second-order valence-electron chi connectivity index (χ2n) is 6.81. The first kappa shape index (κ1) is 20.5. The van der Waals surface area contributed by atoms with Gasteiger partial charge in [0.25, 0.3) is 0 Å². The van der Waals surface area contributed by atoms with E-state index < -0.39 is 0 Å². The number of carbonyl (C=O) groups excluding carboxylic acids is 2. The van der Waals surface area contributed by atoms with Crippen LogP contribution in [0.4, 0.5) is 5.69 Å². The molecule has 1 atom stereocenters. The first-order chi connectivity index (χ1) is 14.1. The first-order valence-corrected chi connectivity index (χ1v) is 9.49. The van der Waals surface area contributed by atoms with Gasteiger partial charge in [-0.15, -0.1) is 0 Å². The Balaban J connectivity index is 1.56. The Morgan fingerprint density at radius 3 is 2.48 bits per heavy atom. The molecular formula is C22H26N2O5. The number of nitrogens with one attached hydrogen (secondary N) is 1. The van der Waals surface area contributed by atoms with Crippen LogP contribution in [0.5, 0.6) is 17.2 Å². The van der Waals surface area contributed by atoms with Gasteiger partial charge in [-0.3, -0.25) is 9.59 Å². The minimum Gasteiger partial charge on any atom is -0.495 e. The van der Waals surface area contributed by atoms with Crippen LogP contribution in [0.3, 0.4) is 0 Å². The van der Waals surface area contributed by atoms with Crippen LogP contribution in [0.25, 0.3) is 0 Å². The smallest absolute Gasteiger partial charge is 0.227 e. The van der Waals surface area contributed by atoms with E-state index in [0.29, 0.717) is 42.4 Å². The fourth-order valence-corrected chi connectivity index (χ4v) is 3.48. The number of amides is 2. The Bertz CT molecular complexity index is 883. The zero-order valence-electron chi connectivity index (χ0n) is 16.9. The Labute approximate surface area is 170 Å². The molecule has 0 aliphatic carbocycles. The van der Waals surface area contributed by atoms with E-state index in [9.17, 15) is 9.59 Å². The summed E-state index contributed by atoms with van der Waals surface area (Å²) in [6, 6.07) is 13.0. The van der Waals surface area contributed by atoms with E-state index in [1.165, 1.54) is 0 Å². The van der Waals surface area contributed by atoms with Gasteiger partial charge < -0.3 is 24.4 Å². The molecule has 0 spiro atoms. The predicted molar refractivity (Wildman–Crippen MR) is 110 cm³/mol. The number of methoxy groups -OCH3 is 3. The van der Waals surface area contributed by atoms with Crippen LogP contribution in [-0.4, -0.2) is 46.2 Å². The van der Waals surface area contributed by atoms with Crippen molar-refractivity contribution >= 4 is 17.5 Å². The highest BCUT2D eigenvalue weighted by atomic mass is 16.5. The highest BCUT2D eigenvalue weighted by Crippen LogP contribution is 2.33. The maximum atomic E-state index is 12.6. The number of anilines is 1. The van der Waals surface area contributed by atoms with E-state index in [4.69, 9.17) is 14.2 Å². The molecule has 0 aromatic heterocycles. The molecule has 0 bridgehead atoms. The quantitative estimate of drug-likeness (QED) is 0.739. The molecule has 0 radical (unpaired) electrons. The third kappa shape index (κ3) is 4.62. The van der Waals surface area contributed by atoms with Gasteiger partial charge in [0.05, 0.1) is 32.9 Å². The fourth-order valence-electron chi connectivity index (χ4n) is 3.48. The predicted octanol–water partition coefficient (Wildman–Crippen LogP) is 2.42. The lowest BCUT2D eigenvalue weighted by Crippen LogP contribution is -2.34. The maximum Gasteiger partial charge on any atom is 0.227 e. The zero-order chi connectivity index (χ0) is 20.8. The largest absolute Gasteiger partial charge is 0.495 e. The Kier molecular flexibility index (Phi) is 6.59. The number of benzene rings is 2. The summed E-state index contributed by atoms with van der Waals surface area (Å²) < 4.78 is 15.9. The van der Waals surface area contributed by atoms with Crippen LogP contribution < -0.4 is 24.4 Å². The van der Waals surface area contributed by atoms with Crippen molar-refractivity contribution in [1.82, 2.24) is 5.32 Å². The van der Waals surface area contributed by atoms with E-state index in [2.05, 4.69) is 5.32 Å². The molecule has 2 aromatic rings. The van der Waals surface area contributed by atoms with Crippen molar-refractivity contribution in [3.63, 3.8) is 0 Å². The van der Waals surface area contributed by atoms with Gasteiger partial charge in [0.1, 0.15) is 5.75 Å². The standard InChI is InChI=1S/C22H26N2O5/c1-27-18-7-5-4-6-17(18)24-14-16(13-21(24)25)22(26)23-11-10-15-8-9-19(28-2)20(12-15)29-3/h4-9,12,16H,10-11,13-14H2,1-3H3,(H,23,26). The molecule has 1 unspecified atom stereocenters. The van der Waals surface area contributed by atoms with Gasteiger partial charge in [0, 0.05) is 19.5 Å². The number of ether oxygens (including phenoxy) is 3. The lowest BCUT2D eigenvalue weighted by Gasteiger charge is -2.19. The molecule has 29 heavy (non-hydrogen) atoms. The summed E-state index contributed by atoms with van der Waals surface area (Å²) in [6.45, 7) is 0.828. The minimum atomic E-state index is -0.377. The van der Waals surface area contributed by atoms with Gasteiger partial charge in [0.15, 0.2) is 11.5 Å². The van der Waals surface area contributed by atoms with Gasteiger partial charge >= 0.3 is 0 Å². The molecule has 7 nitrogen and oxygen atoms in total. The highest BCUT2D eigenvalue weighted by Gasteiger charge is 2.36. The monoisotopic (exact) mass is 398 g/mol. The van der Waals surface area contributed by atoms with Crippen molar-refractivity contribution < 1.29 is 23.8 Å². The average molecular weight is 398 g/mol. The second-order valence-corrected chi connectivity index (χ2v) is 6.81. The lowest BCUT2D eigenvalue weighted by molar-refractivity contribution is -0.126. The Hall–Kier alpha value is -3.22. The van der Waals surface area contributed by atoms with E-state index in [0.717, 1.165) is 5.56 Å². The van der Waals surface area contributed by atoms with Gasteiger partial charge in [-0.25, -0.2) is 0 Å². The molecule has 7 heteroatoms. The van der Waals surface area contributed by atoms with E-state index in [1.54, 1.807) is 32.3 Å². The lowest BCUT2D eigenvalue weighted by atomic mass is 10.1. The summed E-state index contributed by atoms with van der Waals surface area (Å²) >= 11 is 0. The highest BCUT2D eigenvalue weighted by molar-refractivity contribution is 6.01. The summed E-state index contributed by atoms with van der Waals surface area (Å²) in [4.78, 5) is 26.6. The van der Waals surface area contributed by atoms with E-state index in [-0.39, 0.29) is 24.2 Å².